The fourth-order valence-electron chi connectivity index (χ4n) is 1.57. The highest BCUT2D eigenvalue weighted by Crippen LogP contribution is 2.26. The second-order valence-electron chi connectivity index (χ2n) is 4.51. The Balaban J connectivity index is 0.00000441. The summed E-state index contributed by atoms with van der Waals surface area (Å²) in [5.74, 6) is 0.733. The van der Waals surface area contributed by atoms with Crippen molar-refractivity contribution in [2.24, 2.45) is 10.7 Å². The van der Waals surface area contributed by atoms with Gasteiger partial charge in [-0.1, -0.05) is 6.92 Å². The van der Waals surface area contributed by atoms with Crippen LogP contribution in [0.2, 0.25) is 0 Å². The largest absolute Gasteiger partial charge is 0.497 e. The molecule has 0 aromatic heterocycles. The molecule has 1 unspecified atom stereocenters. The first-order valence-corrected chi connectivity index (χ1v) is 6.64. The van der Waals surface area contributed by atoms with Crippen LogP contribution in [0.3, 0.4) is 0 Å². The van der Waals surface area contributed by atoms with E-state index in [1.807, 2.05) is 13.8 Å². The number of benzene rings is 1. The highest BCUT2D eigenvalue weighted by atomic mass is 127. The van der Waals surface area contributed by atoms with Crippen LogP contribution in [0.15, 0.2) is 23.2 Å². The minimum atomic E-state index is -2.91. The van der Waals surface area contributed by atoms with Crippen LogP contribution in [0, 0.1) is 0 Å². The lowest BCUT2D eigenvalue weighted by Gasteiger charge is -2.13. The Morgan fingerprint density at radius 1 is 1.41 bits per heavy atom. The van der Waals surface area contributed by atoms with Crippen LogP contribution >= 0.6 is 24.0 Å². The second kappa shape index (κ2) is 10.4. The maximum Gasteiger partial charge on any atom is 0.387 e. The van der Waals surface area contributed by atoms with Crippen LogP contribution in [0.1, 0.15) is 25.8 Å². The van der Waals surface area contributed by atoms with E-state index in [-0.39, 0.29) is 48.3 Å². The predicted molar refractivity (Wildman–Crippen MR) is 93.3 cm³/mol. The molecule has 3 N–H and O–H groups in total. The number of alkyl halides is 2. The first-order chi connectivity index (χ1) is 9.96. The standard InChI is InChI=1S/C14H21F2N3O2.HI/c1-4-9(2)19-14(17)18-8-10-5-6-11(20-3)7-12(10)21-13(15)16;/h5-7,9,13H,4,8H2,1-3H3,(H3,17,18,19);1H. The van der Waals surface area contributed by atoms with E-state index >= 15 is 0 Å². The molecule has 126 valence electrons. The maximum absolute atomic E-state index is 12.4. The predicted octanol–water partition coefficient (Wildman–Crippen LogP) is 3.12. The first kappa shape index (κ1) is 20.7. The third-order valence-electron chi connectivity index (χ3n) is 2.92. The minimum Gasteiger partial charge on any atom is -0.497 e. The summed E-state index contributed by atoms with van der Waals surface area (Å²) in [6.07, 6.45) is 0.901. The van der Waals surface area contributed by atoms with Gasteiger partial charge in [0.2, 0.25) is 0 Å². The van der Waals surface area contributed by atoms with Crippen molar-refractivity contribution >= 4 is 29.9 Å². The van der Waals surface area contributed by atoms with Gasteiger partial charge >= 0.3 is 6.61 Å². The van der Waals surface area contributed by atoms with Crippen LogP contribution < -0.4 is 20.5 Å². The number of nitrogens with zero attached hydrogens (tertiary/aromatic N) is 1. The van der Waals surface area contributed by atoms with E-state index in [1.165, 1.54) is 13.2 Å². The number of hydrogen-bond donors (Lipinski definition) is 2. The number of ether oxygens (including phenoxy) is 2. The lowest BCUT2D eigenvalue weighted by molar-refractivity contribution is -0.0505. The average Bonchev–Trinajstić information content (AvgIpc) is 2.45. The van der Waals surface area contributed by atoms with Crippen molar-refractivity contribution in [1.29, 1.82) is 0 Å². The van der Waals surface area contributed by atoms with Crippen molar-refractivity contribution in [3.63, 3.8) is 0 Å². The summed E-state index contributed by atoms with van der Waals surface area (Å²) in [5, 5.41) is 3.00. The lowest BCUT2D eigenvalue weighted by atomic mass is 10.2. The number of nitrogens with one attached hydrogen (secondary N) is 1. The first-order valence-electron chi connectivity index (χ1n) is 6.64. The van der Waals surface area contributed by atoms with Crippen LogP contribution in [0.25, 0.3) is 0 Å². The van der Waals surface area contributed by atoms with Gasteiger partial charge in [-0.05, 0) is 25.5 Å². The molecule has 0 heterocycles. The third kappa shape index (κ3) is 7.10. The molecule has 0 saturated heterocycles. The number of methoxy groups -OCH3 is 1. The smallest absolute Gasteiger partial charge is 0.387 e. The van der Waals surface area contributed by atoms with Crippen molar-refractivity contribution in [2.45, 2.75) is 39.5 Å². The molecule has 0 radical (unpaired) electrons. The molecule has 5 nitrogen and oxygen atoms in total. The van der Waals surface area contributed by atoms with Gasteiger partial charge in [-0.25, -0.2) is 4.99 Å². The molecule has 1 aromatic carbocycles. The summed E-state index contributed by atoms with van der Waals surface area (Å²) < 4.78 is 34.3. The summed E-state index contributed by atoms with van der Waals surface area (Å²) in [4.78, 5) is 4.12. The highest BCUT2D eigenvalue weighted by Gasteiger charge is 2.11. The second-order valence-corrected chi connectivity index (χ2v) is 4.51. The average molecular weight is 429 g/mol. The van der Waals surface area contributed by atoms with Crippen LogP contribution in [-0.4, -0.2) is 25.7 Å². The van der Waals surface area contributed by atoms with E-state index in [4.69, 9.17) is 10.5 Å². The van der Waals surface area contributed by atoms with E-state index < -0.39 is 6.61 Å². The van der Waals surface area contributed by atoms with Crippen LogP contribution in [-0.2, 0) is 6.54 Å². The van der Waals surface area contributed by atoms with Gasteiger partial charge in [0.15, 0.2) is 5.96 Å². The molecule has 0 bridgehead atoms. The van der Waals surface area contributed by atoms with E-state index in [9.17, 15) is 8.78 Å². The lowest BCUT2D eigenvalue weighted by Crippen LogP contribution is -2.38. The van der Waals surface area contributed by atoms with Crippen molar-refractivity contribution in [2.75, 3.05) is 7.11 Å². The molecule has 22 heavy (non-hydrogen) atoms. The van der Waals surface area contributed by atoms with Gasteiger partial charge in [-0.15, -0.1) is 24.0 Å². The fourth-order valence-corrected chi connectivity index (χ4v) is 1.57. The van der Waals surface area contributed by atoms with Gasteiger partial charge in [-0.3, -0.25) is 0 Å². The molecule has 1 atom stereocenters. The number of nitrogens with two attached hydrogens (primary N) is 1. The molecule has 0 saturated carbocycles. The number of aliphatic imine (C=N–C) groups is 1. The normalized spacial score (nSPS) is 12.5. The molecular formula is C14H22F2IN3O2. The van der Waals surface area contributed by atoms with Crippen LogP contribution in [0.5, 0.6) is 11.5 Å². The van der Waals surface area contributed by atoms with Gasteiger partial charge in [0.05, 0.1) is 13.7 Å². The Morgan fingerprint density at radius 2 is 2.09 bits per heavy atom. The molecule has 0 aliphatic carbocycles. The van der Waals surface area contributed by atoms with Crippen molar-refractivity contribution in [1.82, 2.24) is 5.32 Å². The van der Waals surface area contributed by atoms with Gasteiger partial charge in [0, 0.05) is 17.7 Å². The Bertz CT molecular complexity index is 487. The molecular weight excluding hydrogens is 407 g/mol. The summed E-state index contributed by atoms with van der Waals surface area (Å²) in [6.45, 7) is 1.22. The quantitative estimate of drug-likeness (QED) is 0.397. The monoisotopic (exact) mass is 429 g/mol. The fraction of sp³-hybridized carbons (Fsp3) is 0.500. The maximum atomic E-state index is 12.4. The zero-order valence-electron chi connectivity index (χ0n) is 12.8. The zero-order chi connectivity index (χ0) is 15.8. The van der Waals surface area contributed by atoms with Gasteiger partial charge < -0.3 is 20.5 Å². The molecule has 0 aliphatic rings. The molecule has 8 heteroatoms. The molecule has 1 aromatic rings. The number of guanidine groups is 1. The Morgan fingerprint density at radius 3 is 2.64 bits per heavy atom. The van der Waals surface area contributed by atoms with E-state index in [0.717, 1.165) is 6.42 Å². The van der Waals surface area contributed by atoms with Crippen molar-refractivity contribution in [3.05, 3.63) is 23.8 Å². The number of rotatable bonds is 7. The van der Waals surface area contributed by atoms with Crippen molar-refractivity contribution in [3.8, 4) is 11.5 Å². The summed E-state index contributed by atoms with van der Waals surface area (Å²) in [7, 11) is 1.45. The van der Waals surface area contributed by atoms with E-state index in [2.05, 4.69) is 15.0 Å². The molecule has 1 rings (SSSR count). The highest BCUT2D eigenvalue weighted by molar-refractivity contribution is 14.0. The van der Waals surface area contributed by atoms with E-state index in [1.54, 1.807) is 12.1 Å². The Labute approximate surface area is 146 Å². The van der Waals surface area contributed by atoms with Crippen molar-refractivity contribution < 1.29 is 18.3 Å². The Hall–Kier alpha value is -1.32. The van der Waals surface area contributed by atoms with Gasteiger partial charge in [0.25, 0.3) is 0 Å². The summed E-state index contributed by atoms with van der Waals surface area (Å²) >= 11 is 0. The van der Waals surface area contributed by atoms with E-state index in [0.29, 0.717) is 11.3 Å². The summed E-state index contributed by atoms with van der Waals surface area (Å²) in [5.41, 5.74) is 6.24. The topological polar surface area (TPSA) is 68.9 Å². The van der Waals surface area contributed by atoms with Gasteiger partial charge in [-0.2, -0.15) is 8.78 Å². The minimum absolute atomic E-state index is 0. The SMILES string of the molecule is CCC(C)NC(N)=NCc1ccc(OC)cc1OC(F)F.I. The van der Waals surface area contributed by atoms with Crippen LogP contribution in [0.4, 0.5) is 8.78 Å². The molecule has 0 amide bonds. The number of halogens is 3. The Kier molecular flexibility index (Phi) is 9.79. The molecule has 0 aliphatic heterocycles. The number of hydrogen-bond acceptors (Lipinski definition) is 3. The zero-order valence-corrected chi connectivity index (χ0v) is 15.1. The van der Waals surface area contributed by atoms with Gasteiger partial charge in [0.1, 0.15) is 11.5 Å². The third-order valence-corrected chi connectivity index (χ3v) is 2.92. The molecule has 0 fully saturated rings. The summed E-state index contributed by atoms with van der Waals surface area (Å²) in [6, 6.07) is 4.87. The molecule has 0 spiro atoms.